The van der Waals surface area contributed by atoms with Gasteiger partial charge in [-0.05, 0) is 31.2 Å². The fraction of sp³-hybridized carbons (Fsp3) is 0.471. The zero-order valence-corrected chi connectivity index (χ0v) is 13.7. The molecule has 0 amide bonds. The molecule has 2 aromatic rings. The summed E-state index contributed by atoms with van der Waals surface area (Å²) in [7, 11) is 1.74. The van der Waals surface area contributed by atoms with E-state index in [-0.39, 0.29) is 0 Å². The van der Waals surface area contributed by atoms with Gasteiger partial charge in [0.05, 0.1) is 17.8 Å². The molecule has 21 heavy (non-hydrogen) atoms. The average Bonchev–Trinajstić information content (AvgIpc) is 2.93. The lowest BCUT2D eigenvalue weighted by atomic mass is 9.93. The lowest BCUT2D eigenvalue weighted by Gasteiger charge is -2.18. The molecule has 0 fully saturated rings. The molecule has 2 rings (SSSR count). The number of rotatable bonds is 9. The zero-order valence-electron chi connectivity index (χ0n) is 12.8. The summed E-state index contributed by atoms with van der Waals surface area (Å²) >= 11 is 1.77. The van der Waals surface area contributed by atoms with E-state index in [0.29, 0.717) is 5.92 Å². The highest BCUT2D eigenvalue weighted by atomic mass is 32.1. The highest BCUT2D eigenvalue weighted by Gasteiger charge is 2.12. The standard InChI is InChI=1S/C17H24N2OS/c1-14-17(21-13-19-14)9-8-16(12-18-10-11-20-2)15-6-4-3-5-7-15/h3-7,13,16,18H,8-12H2,1-2H3. The number of nitrogens with one attached hydrogen (secondary N) is 1. The lowest BCUT2D eigenvalue weighted by Crippen LogP contribution is -2.25. The second kappa shape index (κ2) is 8.93. The Morgan fingerprint density at radius 1 is 1.29 bits per heavy atom. The van der Waals surface area contributed by atoms with Crippen molar-refractivity contribution < 1.29 is 4.74 Å². The molecule has 3 nitrogen and oxygen atoms in total. The number of methoxy groups -OCH3 is 1. The first-order valence-corrected chi connectivity index (χ1v) is 8.32. The van der Waals surface area contributed by atoms with Crippen LogP contribution in [0.15, 0.2) is 35.8 Å². The normalized spacial score (nSPS) is 12.5. The summed E-state index contributed by atoms with van der Waals surface area (Å²) in [4.78, 5) is 5.75. The van der Waals surface area contributed by atoms with Gasteiger partial charge in [0, 0.05) is 25.1 Å². The van der Waals surface area contributed by atoms with Crippen molar-refractivity contribution in [1.29, 1.82) is 0 Å². The molecule has 1 aromatic heterocycles. The molecule has 0 aliphatic rings. The van der Waals surface area contributed by atoms with Crippen LogP contribution in [0.25, 0.3) is 0 Å². The van der Waals surface area contributed by atoms with Gasteiger partial charge < -0.3 is 10.1 Å². The van der Waals surface area contributed by atoms with Crippen LogP contribution in [0.3, 0.4) is 0 Å². The first-order chi connectivity index (χ1) is 10.3. The number of nitrogens with zero attached hydrogens (tertiary/aromatic N) is 1. The Bertz CT molecular complexity index is 513. The van der Waals surface area contributed by atoms with Gasteiger partial charge in [-0.25, -0.2) is 4.98 Å². The van der Waals surface area contributed by atoms with E-state index in [1.807, 2.05) is 5.51 Å². The van der Waals surface area contributed by atoms with Crippen LogP contribution in [-0.4, -0.2) is 31.8 Å². The largest absolute Gasteiger partial charge is 0.383 e. The highest BCUT2D eigenvalue weighted by Crippen LogP contribution is 2.23. The van der Waals surface area contributed by atoms with Gasteiger partial charge in [-0.15, -0.1) is 11.3 Å². The summed E-state index contributed by atoms with van der Waals surface area (Å²) in [5, 5.41) is 3.49. The van der Waals surface area contributed by atoms with Crippen molar-refractivity contribution in [2.75, 3.05) is 26.8 Å². The maximum absolute atomic E-state index is 5.09. The number of hydrogen-bond acceptors (Lipinski definition) is 4. The monoisotopic (exact) mass is 304 g/mol. The van der Waals surface area contributed by atoms with Crippen LogP contribution >= 0.6 is 11.3 Å². The fourth-order valence-corrected chi connectivity index (χ4v) is 3.23. The van der Waals surface area contributed by atoms with E-state index in [4.69, 9.17) is 4.74 Å². The number of thiazole rings is 1. The highest BCUT2D eigenvalue weighted by molar-refractivity contribution is 7.09. The van der Waals surface area contributed by atoms with E-state index in [1.54, 1.807) is 18.4 Å². The summed E-state index contributed by atoms with van der Waals surface area (Å²) < 4.78 is 5.09. The molecule has 1 heterocycles. The lowest BCUT2D eigenvalue weighted by molar-refractivity contribution is 0.199. The molecule has 0 saturated heterocycles. The molecule has 0 aliphatic heterocycles. The topological polar surface area (TPSA) is 34.1 Å². The van der Waals surface area contributed by atoms with Gasteiger partial charge in [-0.1, -0.05) is 30.3 Å². The summed E-state index contributed by atoms with van der Waals surface area (Å²) in [6.45, 7) is 4.75. The number of aryl methyl sites for hydroxylation is 2. The van der Waals surface area contributed by atoms with Gasteiger partial charge in [0.15, 0.2) is 0 Å². The quantitative estimate of drug-likeness (QED) is 0.721. The van der Waals surface area contributed by atoms with Crippen LogP contribution in [0, 0.1) is 6.92 Å². The Kier molecular flexibility index (Phi) is 6.86. The van der Waals surface area contributed by atoms with Gasteiger partial charge >= 0.3 is 0 Å². The summed E-state index contributed by atoms with van der Waals surface area (Å²) in [6.07, 6.45) is 2.25. The van der Waals surface area contributed by atoms with Gasteiger partial charge in [0.1, 0.15) is 0 Å². The molecule has 0 bridgehead atoms. The maximum atomic E-state index is 5.09. The van der Waals surface area contributed by atoms with Crippen molar-refractivity contribution in [2.45, 2.75) is 25.7 Å². The van der Waals surface area contributed by atoms with E-state index in [0.717, 1.165) is 32.5 Å². The maximum Gasteiger partial charge on any atom is 0.0797 e. The third-order valence-corrected chi connectivity index (χ3v) is 4.70. The minimum Gasteiger partial charge on any atom is -0.383 e. The van der Waals surface area contributed by atoms with Gasteiger partial charge in [-0.2, -0.15) is 0 Å². The van der Waals surface area contributed by atoms with Gasteiger partial charge in [0.25, 0.3) is 0 Å². The van der Waals surface area contributed by atoms with E-state index >= 15 is 0 Å². The number of hydrogen-bond donors (Lipinski definition) is 1. The third kappa shape index (κ3) is 5.23. The second-order valence-corrected chi connectivity index (χ2v) is 6.14. The molecule has 0 spiro atoms. The Hall–Kier alpha value is -1.23. The molecular weight excluding hydrogens is 280 g/mol. The number of ether oxygens (including phenoxy) is 1. The first-order valence-electron chi connectivity index (χ1n) is 7.45. The fourth-order valence-electron chi connectivity index (χ4n) is 2.43. The molecule has 1 unspecified atom stereocenters. The molecule has 114 valence electrons. The number of benzene rings is 1. The van der Waals surface area contributed by atoms with E-state index in [9.17, 15) is 0 Å². The van der Waals surface area contributed by atoms with E-state index in [2.05, 4.69) is 47.6 Å². The predicted molar refractivity (Wildman–Crippen MR) is 89.1 cm³/mol. The predicted octanol–water partition coefficient (Wildman–Crippen LogP) is 3.40. The van der Waals surface area contributed by atoms with Crippen LogP contribution in [0.5, 0.6) is 0 Å². The molecule has 4 heteroatoms. The third-order valence-electron chi connectivity index (χ3n) is 3.71. The molecule has 0 saturated carbocycles. The summed E-state index contributed by atoms with van der Waals surface area (Å²) in [6, 6.07) is 10.8. The van der Waals surface area contributed by atoms with Gasteiger partial charge in [0.2, 0.25) is 0 Å². The van der Waals surface area contributed by atoms with E-state index < -0.39 is 0 Å². The second-order valence-electron chi connectivity index (χ2n) is 5.20. The summed E-state index contributed by atoms with van der Waals surface area (Å²) in [5.41, 5.74) is 4.53. The first kappa shape index (κ1) is 16.1. The summed E-state index contributed by atoms with van der Waals surface area (Å²) in [5.74, 6) is 0.532. The van der Waals surface area contributed by atoms with Crippen molar-refractivity contribution in [3.63, 3.8) is 0 Å². The zero-order chi connectivity index (χ0) is 14.9. The Morgan fingerprint density at radius 2 is 2.10 bits per heavy atom. The van der Waals surface area contributed by atoms with Crippen molar-refractivity contribution >= 4 is 11.3 Å². The molecule has 1 aromatic carbocycles. The molecule has 0 radical (unpaired) electrons. The Labute approximate surface area is 131 Å². The number of aromatic nitrogens is 1. The Balaban J connectivity index is 1.93. The molecule has 1 N–H and O–H groups in total. The minimum atomic E-state index is 0.532. The van der Waals surface area contributed by atoms with Crippen LogP contribution in [0.4, 0.5) is 0 Å². The van der Waals surface area contributed by atoms with Gasteiger partial charge in [-0.3, -0.25) is 0 Å². The SMILES string of the molecule is COCCNCC(CCc1scnc1C)c1ccccc1. The van der Waals surface area contributed by atoms with Crippen molar-refractivity contribution in [3.8, 4) is 0 Å². The van der Waals surface area contributed by atoms with Crippen LogP contribution in [0.2, 0.25) is 0 Å². The molecule has 1 atom stereocenters. The van der Waals surface area contributed by atoms with Crippen molar-refractivity contribution in [1.82, 2.24) is 10.3 Å². The molecular formula is C17H24N2OS. The smallest absolute Gasteiger partial charge is 0.0797 e. The van der Waals surface area contributed by atoms with E-state index in [1.165, 1.54) is 16.1 Å². The Morgan fingerprint density at radius 3 is 2.76 bits per heavy atom. The minimum absolute atomic E-state index is 0.532. The van der Waals surface area contributed by atoms with Crippen LogP contribution in [0.1, 0.15) is 28.5 Å². The molecule has 0 aliphatic carbocycles. The van der Waals surface area contributed by atoms with Crippen LogP contribution in [-0.2, 0) is 11.2 Å². The average molecular weight is 304 g/mol. The van der Waals surface area contributed by atoms with Crippen LogP contribution < -0.4 is 5.32 Å². The van der Waals surface area contributed by atoms with Crippen molar-refractivity contribution in [2.24, 2.45) is 0 Å². The van der Waals surface area contributed by atoms with Crippen molar-refractivity contribution in [3.05, 3.63) is 52.0 Å².